The lowest BCUT2D eigenvalue weighted by molar-refractivity contribution is 0.0586. The summed E-state index contributed by atoms with van der Waals surface area (Å²) in [5.74, 6) is 3.39. The van der Waals surface area contributed by atoms with Gasteiger partial charge in [0.2, 0.25) is 0 Å². The van der Waals surface area contributed by atoms with Crippen LogP contribution in [0.15, 0.2) is 186 Å². The van der Waals surface area contributed by atoms with Gasteiger partial charge in [-0.2, -0.15) is 0 Å². The highest BCUT2D eigenvalue weighted by Gasteiger charge is 2.39. The minimum Gasteiger partial charge on any atom is -0.465 e. The number of hydrogen-bond donors (Lipinski definition) is 1. The van der Waals surface area contributed by atoms with Crippen LogP contribution in [0.25, 0.3) is 0 Å². The van der Waals surface area contributed by atoms with Crippen LogP contribution >= 0.6 is 15.9 Å². The molecule has 0 aromatic heterocycles. The molecule has 0 heterocycles. The summed E-state index contributed by atoms with van der Waals surface area (Å²) in [6.07, 6.45) is 58.9. The zero-order valence-electron chi connectivity index (χ0n) is 78.1. The van der Waals surface area contributed by atoms with Crippen LogP contribution in [-0.2, 0) is 25.4 Å². The van der Waals surface area contributed by atoms with E-state index in [1.165, 1.54) is 315 Å². The molecule has 129 heavy (non-hydrogen) atoms. The van der Waals surface area contributed by atoms with Crippen LogP contribution in [0.5, 0.6) is 0 Å². The first-order chi connectivity index (χ1) is 63.4. The maximum Gasteiger partial charge on any atom is 0.340 e. The highest BCUT2D eigenvalue weighted by Crippen LogP contribution is 2.57. The average molecular weight is 1800 g/mol. The second-order valence-electron chi connectivity index (χ2n) is 39.5. The fourth-order valence-electron chi connectivity index (χ4n) is 24.3. The Balaban J connectivity index is 0.000000185. The first-order valence-corrected chi connectivity index (χ1v) is 51.7. The molecular weight excluding hydrogens is 1660 g/mol. The summed E-state index contributed by atoms with van der Waals surface area (Å²) in [6.45, 7) is 0. The van der Waals surface area contributed by atoms with E-state index in [1.54, 1.807) is 28.8 Å². The van der Waals surface area contributed by atoms with Crippen molar-refractivity contribution in [3.63, 3.8) is 0 Å². The van der Waals surface area contributed by atoms with Gasteiger partial charge in [-0.05, 0) is 297 Å². The third-order valence-electron chi connectivity index (χ3n) is 31.3. The number of rotatable bonds is 23. The lowest BCUT2D eigenvalue weighted by atomic mass is 9.74. The SMILES string of the molecule is Brc1c(C2CCCCC2)cc(C2CCCCC2)cc1C1CCCCC1.COC(=O)c1cc(N(c2ccccc2)c2c(C3CCCCC3)cc(C3CCCCC3)cc2C2CCCCC2)c(C(=O)OC)cc1N(c1ccccc1)c1c(C2CCCCC2)cc(C2CCCCC2)cc1C1CCCCC1.COC(=O)c1cc(Nc2ccccc2)c(C(=O)OC)cc1Cc1ccccc1. The van der Waals surface area contributed by atoms with E-state index >= 15 is 9.59 Å². The number of esters is 4. The second-order valence-corrected chi connectivity index (χ2v) is 40.3. The van der Waals surface area contributed by atoms with Crippen molar-refractivity contribution in [2.24, 2.45) is 0 Å². The van der Waals surface area contributed by atoms with E-state index in [-0.39, 0.29) is 0 Å². The van der Waals surface area contributed by atoms with E-state index in [2.05, 4.69) is 128 Å². The van der Waals surface area contributed by atoms with Crippen molar-refractivity contribution in [2.75, 3.05) is 43.6 Å². The topological polar surface area (TPSA) is 124 Å². The molecule has 0 bridgehead atoms. The van der Waals surface area contributed by atoms with Crippen LogP contribution in [-0.4, -0.2) is 52.3 Å². The van der Waals surface area contributed by atoms with Gasteiger partial charge in [-0.15, -0.1) is 0 Å². The van der Waals surface area contributed by atoms with E-state index in [0.717, 1.165) is 91.7 Å². The normalized spacial score (nSPS) is 18.8. The molecule has 0 atom stereocenters. The van der Waals surface area contributed by atoms with E-state index in [9.17, 15) is 9.59 Å². The number of carbonyl (C=O) groups excluding carboxylic acids is 4. The largest absolute Gasteiger partial charge is 0.465 e. The Morgan fingerprint density at radius 1 is 0.287 bits per heavy atom. The molecule has 9 aromatic carbocycles. The van der Waals surface area contributed by atoms with Crippen LogP contribution in [0.1, 0.15) is 445 Å². The predicted octanol–water partition coefficient (Wildman–Crippen LogP) is 33.7. The molecule has 0 unspecified atom stereocenters. The lowest BCUT2D eigenvalue weighted by Crippen LogP contribution is -2.25. The molecule has 11 nitrogen and oxygen atoms in total. The molecule has 12 heteroatoms. The lowest BCUT2D eigenvalue weighted by Gasteiger charge is -2.39. The van der Waals surface area contributed by atoms with Gasteiger partial charge in [0.25, 0.3) is 0 Å². The summed E-state index contributed by atoms with van der Waals surface area (Å²) < 4.78 is 23.4. The van der Waals surface area contributed by atoms with Crippen LogP contribution < -0.4 is 15.1 Å². The van der Waals surface area contributed by atoms with Gasteiger partial charge in [-0.1, -0.05) is 311 Å². The summed E-state index contributed by atoms with van der Waals surface area (Å²) in [4.78, 5) is 60.2. The number of hydrogen-bond acceptors (Lipinski definition) is 11. The molecule has 0 aliphatic heterocycles. The highest BCUT2D eigenvalue weighted by atomic mass is 79.9. The van der Waals surface area contributed by atoms with Gasteiger partial charge in [0, 0.05) is 21.5 Å². The number of ether oxygens (including phenoxy) is 4. The van der Waals surface area contributed by atoms with Crippen molar-refractivity contribution in [1.82, 2.24) is 0 Å². The van der Waals surface area contributed by atoms with Gasteiger partial charge in [-0.25, -0.2) is 19.2 Å². The molecule has 0 radical (unpaired) electrons. The average Bonchev–Trinajstić information content (AvgIpc) is 0.730. The van der Waals surface area contributed by atoms with Crippen LogP contribution in [0.4, 0.5) is 45.5 Å². The number of anilines is 8. The number of benzene rings is 9. The molecule has 682 valence electrons. The Morgan fingerprint density at radius 2 is 0.543 bits per heavy atom. The Kier molecular flexibility index (Phi) is 33.3. The summed E-state index contributed by atoms with van der Waals surface area (Å²) in [5, 5.41) is 3.19. The van der Waals surface area contributed by atoms with Gasteiger partial charge in [-0.3, -0.25) is 0 Å². The Hall–Kier alpha value is -9.26. The minimum absolute atomic E-state index is 0.352. The second kappa shape index (κ2) is 46.2. The molecule has 9 aliphatic carbocycles. The summed E-state index contributed by atoms with van der Waals surface area (Å²) in [6, 6.07) is 63.8. The molecule has 9 saturated carbocycles. The van der Waals surface area contributed by atoms with Crippen molar-refractivity contribution in [2.45, 2.75) is 349 Å². The smallest absolute Gasteiger partial charge is 0.340 e. The Morgan fingerprint density at radius 3 is 0.845 bits per heavy atom. The van der Waals surface area contributed by atoms with Crippen LogP contribution in [0, 0.1) is 0 Å². The van der Waals surface area contributed by atoms with Crippen molar-refractivity contribution in [3.8, 4) is 0 Å². The molecule has 0 saturated heterocycles. The number of nitrogens with zero attached hydrogens (tertiary/aromatic N) is 2. The highest BCUT2D eigenvalue weighted by molar-refractivity contribution is 9.10. The quantitative estimate of drug-likeness (QED) is 0.0486. The Labute approximate surface area is 780 Å². The predicted molar refractivity (Wildman–Crippen MR) is 533 cm³/mol. The number of nitrogens with one attached hydrogen (secondary N) is 1. The van der Waals surface area contributed by atoms with E-state index in [1.807, 2.05) is 72.8 Å². The molecule has 18 rings (SSSR count). The molecule has 0 amide bonds. The number of carbonyl (C=O) groups is 4. The van der Waals surface area contributed by atoms with Gasteiger partial charge in [0.15, 0.2) is 0 Å². The standard InChI is InChI=1S/C70H88N2O4.C24H35Br.C23H21NO4/c1-75-69(73)63-47-66(72(58-41-25-10-26-42-58)68-61(53-35-19-7-20-36-53)45-56(50-29-13-4-14-30-50)46-62(68)54-37-21-8-22-38-54)64(70(74)76-2)48-65(63)71(57-39-23-9-24-40-57)67-59(51-31-15-5-16-32-51)43-55(49-27-11-3-12-28-49)44-60(67)52-33-17-6-18-34-52;25-24-22(19-12-6-2-7-13-19)16-21(18-10-4-1-5-11-18)17-23(24)20-14-8-3-9-15-20;1-27-22(25)19-15-21(24-18-11-7-4-8-12-18)20(23(26)28-2)14-17(19)13-16-9-5-3-6-10-16/h9-10,23-26,39-54H,3-8,11-22,27-38H2,1-2H3;16-20H,1-15H2;3-12,14-15,24H,13H2,1-2H3. The van der Waals surface area contributed by atoms with Gasteiger partial charge in [0.05, 0.1) is 79.1 Å². The van der Waals surface area contributed by atoms with E-state index < -0.39 is 23.9 Å². The molecule has 9 aromatic rings. The van der Waals surface area contributed by atoms with Gasteiger partial charge in [0.1, 0.15) is 0 Å². The minimum atomic E-state index is -0.482. The summed E-state index contributed by atoms with van der Waals surface area (Å²) in [7, 11) is 5.72. The fourth-order valence-corrected chi connectivity index (χ4v) is 25.2. The molecule has 9 aliphatic rings. The zero-order chi connectivity index (χ0) is 88.8. The fraction of sp³-hybridized carbons (Fsp3) is 0.504. The first-order valence-electron chi connectivity index (χ1n) is 50.9. The third kappa shape index (κ3) is 22.7. The van der Waals surface area contributed by atoms with Crippen molar-refractivity contribution in [3.05, 3.63) is 270 Å². The number of halogens is 1. The Bertz CT molecular complexity index is 4760. The third-order valence-corrected chi connectivity index (χ3v) is 32.2. The molecule has 9 fully saturated rings. The zero-order valence-corrected chi connectivity index (χ0v) is 79.7. The molecule has 0 spiro atoms. The summed E-state index contributed by atoms with van der Waals surface area (Å²) >= 11 is 4.11. The number of methoxy groups -OCH3 is 4. The molecular formula is C117H144BrN3O8. The van der Waals surface area contributed by atoms with Crippen molar-refractivity contribution < 1.29 is 38.1 Å². The first kappa shape index (κ1) is 93.0. The van der Waals surface area contributed by atoms with E-state index in [4.69, 9.17) is 18.9 Å². The summed E-state index contributed by atoms with van der Waals surface area (Å²) in [5.41, 5.74) is 24.2. The van der Waals surface area contributed by atoms with Crippen LogP contribution in [0.3, 0.4) is 0 Å². The maximum atomic E-state index is 15.3. The number of para-hydroxylation sites is 3. The van der Waals surface area contributed by atoms with Crippen molar-refractivity contribution in [1.29, 1.82) is 0 Å². The molecule has 1 N–H and O–H groups in total. The maximum absolute atomic E-state index is 15.3. The van der Waals surface area contributed by atoms with Gasteiger partial charge < -0.3 is 34.1 Å². The van der Waals surface area contributed by atoms with Crippen LogP contribution in [0.2, 0.25) is 0 Å². The van der Waals surface area contributed by atoms with Gasteiger partial charge >= 0.3 is 23.9 Å². The van der Waals surface area contributed by atoms with Crippen molar-refractivity contribution >= 4 is 85.3 Å². The monoisotopic (exact) mass is 1800 g/mol. The van der Waals surface area contributed by atoms with E-state index in [0.29, 0.717) is 86.8 Å².